The molecule has 3 aromatic heterocycles. The summed E-state index contributed by atoms with van der Waals surface area (Å²) in [5.74, 6) is -0.00881. The Morgan fingerprint density at radius 3 is 2.71 bits per heavy atom. The predicted octanol–water partition coefficient (Wildman–Crippen LogP) is 2.77. The second-order valence-electron chi connectivity index (χ2n) is 8.21. The van der Waals surface area contributed by atoms with Crippen LogP contribution in [0.1, 0.15) is 42.2 Å². The molecule has 31 heavy (non-hydrogen) atoms. The van der Waals surface area contributed by atoms with Gasteiger partial charge in [0.25, 0.3) is 5.91 Å². The normalized spacial score (nSPS) is 14.9. The Labute approximate surface area is 182 Å². The highest BCUT2D eigenvalue weighted by molar-refractivity contribution is 5.96. The van der Waals surface area contributed by atoms with Gasteiger partial charge < -0.3 is 9.64 Å². The van der Waals surface area contributed by atoms with E-state index in [1.54, 1.807) is 24.8 Å². The van der Waals surface area contributed by atoms with Gasteiger partial charge in [-0.1, -0.05) is 0 Å². The van der Waals surface area contributed by atoms with Crippen molar-refractivity contribution in [2.45, 2.75) is 32.9 Å². The lowest BCUT2D eigenvalue weighted by molar-refractivity contribution is 0.0355. The van der Waals surface area contributed by atoms with E-state index in [1.165, 1.54) is 0 Å². The largest absolute Gasteiger partial charge is 0.379 e. The molecular weight excluding hydrogens is 392 g/mol. The molecule has 4 rings (SSSR count). The summed E-state index contributed by atoms with van der Waals surface area (Å²) in [6.07, 6.45) is 7.90. The van der Waals surface area contributed by atoms with E-state index in [0.29, 0.717) is 18.7 Å². The molecular formula is C23H30N6O2. The minimum absolute atomic E-state index is 0.00881. The van der Waals surface area contributed by atoms with Gasteiger partial charge in [0.2, 0.25) is 0 Å². The Bertz CT molecular complexity index is 998. The number of nitrogens with zero attached hydrogens (tertiary/aromatic N) is 6. The molecule has 1 fully saturated rings. The number of ether oxygens (including phenoxy) is 1. The fourth-order valence-corrected chi connectivity index (χ4v) is 3.89. The fraction of sp³-hybridized carbons (Fsp3) is 0.478. The van der Waals surface area contributed by atoms with Crippen LogP contribution >= 0.6 is 0 Å². The Hall–Kier alpha value is -2.84. The summed E-state index contributed by atoms with van der Waals surface area (Å²) in [6, 6.07) is 6.03. The second-order valence-corrected chi connectivity index (χ2v) is 8.21. The van der Waals surface area contributed by atoms with Gasteiger partial charge in [-0.15, -0.1) is 0 Å². The Morgan fingerprint density at radius 2 is 1.97 bits per heavy atom. The van der Waals surface area contributed by atoms with Crippen molar-refractivity contribution < 1.29 is 9.53 Å². The van der Waals surface area contributed by atoms with Gasteiger partial charge in [0.15, 0.2) is 5.65 Å². The van der Waals surface area contributed by atoms with E-state index < -0.39 is 0 Å². The number of carbonyl (C=O) groups is 1. The number of morpholine rings is 1. The van der Waals surface area contributed by atoms with Gasteiger partial charge in [-0.2, -0.15) is 5.10 Å². The average molecular weight is 423 g/mol. The smallest absolute Gasteiger partial charge is 0.255 e. The van der Waals surface area contributed by atoms with Crippen LogP contribution in [0.5, 0.6) is 0 Å². The van der Waals surface area contributed by atoms with Crippen LogP contribution in [0.4, 0.5) is 0 Å². The number of aromatic nitrogens is 4. The zero-order chi connectivity index (χ0) is 21.6. The quantitative estimate of drug-likeness (QED) is 0.556. The predicted molar refractivity (Wildman–Crippen MR) is 119 cm³/mol. The molecule has 0 saturated carbocycles. The highest BCUT2D eigenvalue weighted by Gasteiger charge is 2.19. The first-order valence-corrected chi connectivity index (χ1v) is 10.9. The minimum Gasteiger partial charge on any atom is -0.379 e. The molecule has 0 unspecified atom stereocenters. The maximum Gasteiger partial charge on any atom is 0.255 e. The number of amides is 1. The molecule has 1 amide bonds. The first-order chi connectivity index (χ1) is 15.1. The van der Waals surface area contributed by atoms with Crippen LogP contribution in [0, 0.1) is 0 Å². The van der Waals surface area contributed by atoms with Crippen LogP contribution in [-0.4, -0.2) is 74.8 Å². The molecule has 3 aromatic rings. The van der Waals surface area contributed by atoms with Crippen molar-refractivity contribution in [3.63, 3.8) is 0 Å². The van der Waals surface area contributed by atoms with Gasteiger partial charge in [0, 0.05) is 62.7 Å². The maximum atomic E-state index is 13.4. The van der Waals surface area contributed by atoms with E-state index in [-0.39, 0.29) is 11.9 Å². The number of hydrogen-bond donors (Lipinski definition) is 0. The van der Waals surface area contributed by atoms with Crippen molar-refractivity contribution in [3.05, 3.63) is 54.1 Å². The lowest BCUT2D eigenvalue weighted by Gasteiger charge is -2.28. The number of rotatable bonds is 8. The molecule has 8 heteroatoms. The monoisotopic (exact) mass is 422 g/mol. The zero-order valence-electron chi connectivity index (χ0n) is 18.3. The molecule has 0 radical (unpaired) electrons. The van der Waals surface area contributed by atoms with Crippen molar-refractivity contribution in [1.29, 1.82) is 0 Å². The lowest BCUT2D eigenvalue weighted by atomic mass is 10.1. The van der Waals surface area contributed by atoms with Crippen LogP contribution in [0.15, 0.2) is 43.0 Å². The number of hydrogen-bond acceptors (Lipinski definition) is 6. The molecule has 1 aliphatic heterocycles. The summed E-state index contributed by atoms with van der Waals surface area (Å²) in [7, 11) is 0. The number of carbonyl (C=O) groups excluding carboxylic acids is 1. The summed E-state index contributed by atoms with van der Waals surface area (Å²) >= 11 is 0. The third kappa shape index (κ3) is 5.26. The molecule has 0 atom stereocenters. The molecule has 0 N–H and O–H groups in total. The summed E-state index contributed by atoms with van der Waals surface area (Å²) < 4.78 is 7.30. The third-order valence-electron chi connectivity index (χ3n) is 5.59. The first kappa shape index (κ1) is 21.4. The average Bonchev–Trinajstić information content (AvgIpc) is 3.23. The van der Waals surface area contributed by atoms with Gasteiger partial charge in [-0.05, 0) is 44.0 Å². The molecule has 8 nitrogen and oxygen atoms in total. The molecule has 4 heterocycles. The Morgan fingerprint density at radius 1 is 1.19 bits per heavy atom. The highest BCUT2D eigenvalue weighted by Crippen LogP contribution is 2.18. The Kier molecular flexibility index (Phi) is 6.89. The number of pyridine rings is 2. The van der Waals surface area contributed by atoms with Crippen molar-refractivity contribution in [3.8, 4) is 0 Å². The molecule has 164 valence electrons. The van der Waals surface area contributed by atoms with Crippen LogP contribution in [0.2, 0.25) is 0 Å². The lowest BCUT2D eigenvalue weighted by Crippen LogP contribution is -2.39. The molecule has 0 spiro atoms. The van der Waals surface area contributed by atoms with Crippen LogP contribution in [0.25, 0.3) is 11.0 Å². The third-order valence-corrected chi connectivity index (χ3v) is 5.59. The Balaban J connectivity index is 1.50. The second kappa shape index (κ2) is 9.98. The van der Waals surface area contributed by atoms with Gasteiger partial charge in [-0.25, -0.2) is 9.67 Å². The first-order valence-electron chi connectivity index (χ1n) is 10.9. The maximum absolute atomic E-state index is 13.4. The topological polar surface area (TPSA) is 76.4 Å². The van der Waals surface area contributed by atoms with E-state index in [2.05, 4.69) is 33.8 Å². The standard InChI is InChI=1S/C23H30N6O2/c1-18(2)29-22-20(16-26-29)14-21(15-25-22)23(30)28(17-19-4-6-24-7-5-19)9-3-8-27-10-12-31-13-11-27/h4-7,14-16,18H,3,8-13,17H2,1-2H3. The van der Waals surface area contributed by atoms with E-state index >= 15 is 0 Å². The molecule has 1 aliphatic rings. The van der Waals surface area contributed by atoms with Crippen LogP contribution < -0.4 is 0 Å². The number of fused-ring (bicyclic) bond motifs is 1. The summed E-state index contributed by atoms with van der Waals surface area (Å²) in [6.45, 7) is 9.82. The summed E-state index contributed by atoms with van der Waals surface area (Å²) in [5, 5.41) is 5.30. The SMILES string of the molecule is CC(C)n1ncc2cc(C(=O)N(CCCN3CCOCC3)Cc3ccncc3)cnc21. The summed E-state index contributed by atoms with van der Waals surface area (Å²) in [4.78, 5) is 26.4. The fourth-order valence-electron chi connectivity index (χ4n) is 3.89. The van der Waals surface area contributed by atoms with Crippen molar-refractivity contribution in [2.24, 2.45) is 0 Å². The highest BCUT2D eigenvalue weighted by atomic mass is 16.5. The van der Waals surface area contributed by atoms with Crippen LogP contribution in [0.3, 0.4) is 0 Å². The van der Waals surface area contributed by atoms with Crippen molar-refractivity contribution in [1.82, 2.24) is 29.5 Å². The summed E-state index contributed by atoms with van der Waals surface area (Å²) in [5.41, 5.74) is 2.46. The van der Waals surface area contributed by atoms with E-state index in [1.807, 2.05) is 27.8 Å². The molecule has 1 saturated heterocycles. The molecule has 0 bridgehead atoms. The zero-order valence-corrected chi connectivity index (χ0v) is 18.3. The molecule has 0 aliphatic carbocycles. The van der Waals surface area contributed by atoms with E-state index in [4.69, 9.17) is 4.74 Å². The van der Waals surface area contributed by atoms with E-state index in [0.717, 1.165) is 55.9 Å². The van der Waals surface area contributed by atoms with Crippen molar-refractivity contribution >= 4 is 16.9 Å². The van der Waals surface area contributed by atoms with Crippen LogP contribution in [-0.2, 0) is 11.3 Å². The van der Waals surface area contributed by atoms with Gasteiger partial charge in [0.05, 0.1) is 25.0 Å². The molecule has 0 aromatic carbocycles. The van der Waals surface area contributed by atoms with Gasteiger partial charge in [-0.3, -0.25) is 14.7 Å². The van der Waals surface area contributed by atoms with Gasteiger partial charge in [0.1, 0.15) is 0 Å². The van der Waals surface area contributed by atoms with Gasteiger partial charge >= 0.3 is 0 Å². The van der Waals surface area contributed by atoms with E-state index in [9.17, 15) is 4.79 Å². The minimum atomic E-state index is -0.00881. The van der Waals surface area contributed by atoms with Crippen molar-refractivity contribution in [2.75, 3.05) is 39.4 Å².